The Kier molecular flexibility index (Phi) is 3.24. The van der Waals surface area contributed by atoms with E-state index in [1.807, 2.05) is 12.3 Å². The van der Waals surface area contributed by atoms with Gasteiger partial charge in [-0.2, -0.15) is 0 Å². The molecule has 1 unspecified atom stereocenters. The first-order chi connectivity index (χ1) is 10.7. The largest absolute Gasteiger partial charge is 0.491 e. The van der Waals surface area contributed by atoms with E-state index in [0.29, 0.717) is 17.6 Å². The van der Waals surface area contributed by atoms with Crippen LogP contribution in [-0.2, 0) is 24.2 Å². The topological polar surface area (TPSA) is 76.4 Å². The Hall–Kier alpha value is -2.12. The normalized spacial score (nSPS) is 19.7. The van der Waals surface area contributed by atoms with Gasteiger partial charge in [0.1, 0.15) is 5.82 Å². The van der Waals surface area contributed by atoms with Gasteiger partial charge in [-0.05, 0) is 29.6 Å². The minimum atomic E-state index is -0.926. The minimum Gasteiger partial charge on any atom is -0.423 e. The molecule has 6 nitrogen and oxygen atoms in total. The molecule has 2 aliphatic rings. The van der Waals surface area contributed by atoms with Crippen molar-refractivity contribution in [2.24, 2.45) is 0 Å². The van der Waals surface area contributed by atoms with Crippen molar-refractivity contribution in [2.75, 3.05) is 0 Å². The Balaban J connectivity index is 1.48. The van der Waals surface area contributed by atoms with E-state index in [1.54, 1.807) is 18.3 Å². The van der Waals surface area contributed by atoms with Crippen molar-refractivity contribution in [1.82, 2.24) is 14.9 Å². The Morgan fingerprint density at radius 2 is 2.41 bits per heavy atom. The molecule has 2 aliphatic heterocycles. The number of imidazole rings is 1. The smallest absolute Gasteiger partial charge is 0.423 e. The fourth-order valence-electron chi connectivity index (χ4n) is 3.10. The number of nitrogens with zero attached hydrogens (tertiary/aromatic N) is 2. The number of aryl methyl sites for hydroxylation is 1. The molecule has 1 aromatic heterocycles. The first kappa shape index (κ1) is 13.5. The summed E-state index contributed by atoms with van der Waals surface area (Å²) in [4.78, 5) is 16.7. The quantitative estimate of drug-likeness (QED) is 0.756. The summed E-state index contributed by atoms with van der Waals surface area (Å²) in [6.07, 6.45) is 5.40. The molecule has 0 bridgehead atoms. The van der Waals surface area contributed by atoms with E-state index in [-0.39, 0.29) is 11.9 Å². The number of benzene rings is 1. The Labute approximate surface area is 128 Å². The lowest BCUT2D eigenvalue weighted by Gasteiger charge is -2.24. The lowest BCUT2D eigenvalue weighted by Crippen LogP contribution is -2.40. The van der Waals surface area contributed by atoms with E-state index < -0.39 is 7.12 Å². The molecule has 1 amide bonds. The van der Waals surface area contributed by atoms with E-state index in [1.165, 1.54) is 0 Å². The molecule has 4 rings (SSSR count). The number of carbonyl (C=O) groups is 1. The summed E-state index contributed by atoms with van der Waals surface area (Å²) in [5.41, 5.74) is 2.17. The standard InChI is InChI=1S/C15H16BN3O3/c20-15(10-1-2-11-9-22-16(21)13(11)7-10)18-12-3-5-19-6-4-17-14(19)8-12/h1-2,4,6-7,12,21H,3,5,8-9H2,(H,18,20). The summed E-state index contributed by atoms with van der Waals surface area (Å²) in [5, 5.41) is 12.8. The van der Waals surface area contributed by atoms with Gasteiger partial charge in [0.05, 0.1) is 6.61 Å². The number of aromatic nitrogens is 2. The molecule has 112 valence electrons. The Bertz CT molecular complexity index is 731. The van der Waals surface area contributed by atoms with Crippen molar-refractivity contribution >= 4 is 18.5 Å². The maximum absolute atomic E-state index is 12.4. The molecule has 3 heterocycles. The summed E-state index contributed by atoms with van der Waals surface area (Å²) in [7, 11) is -0.926. The zero-order chi connectivity index (χ0) is 15.1. The highest BCUT2D eigenvalue weighted by Gasteiger charge is 2.28. The third kappa shape index (κ3) is 2.32. The van der Waals surface area contributed by atoms with Gasteiger partial charge in [-0.3, -0.25) is 4.79 Å². The van der Waals surface area contributed by atoms with Crippen molar-refractivity contribution in [3.05, 3.63) is 47.5 Å². The molecule has 0 aliphatic carbocycles. The van der Waals surface area contributed by atoms with Crippen LogP contribution in [0.4, 0.5) is 0 Å². The molecule has 0 radical (unpaired) electrons. The van der Waals surface area contributed by atoms with Gasteiger partial charge >= 0.3 is 7.12 Å². The fraction of sp³-hybridized carbons (Fsp3) is 0.333. The molecule has 0 fully saturated rings. The summed E-state index contributed by atoms with van der Waals surface area (Å²) < 4.78 is 7.27. The van der Waals surface area contributed by atoms with Crippen LogP contribution in [0.1, 0.15) is 28.2 Å². The van der Waals surface area contributed by atoms with Crippen LogP contribution in [0.2, 0.25) is 0 Å². The van der Waals surface area contributed by atoms with Gasteiger partial charge in [0.25, 0.3) is 5.91 Å². The third-order valence-corrected chi connectivity index (χ3v) is 4.36. The van der Waals surface area contributed by atoms with Crippen LogP contribution in [-0.4, -0.2) is 33.6 Å². The molecule has 0 saturated carbocycles. The second-order valence-corrected chi connectivity index (χ2v) is 5.78. The molecular formula is C15H16BN3O3. The molecule has 1 atom stereocenters. The number of hydrogen-bond acceptors (Lipinski definition) is 4. The zero-order valence-corrected chi connectivity index (χ0v) is 12.0. The van der Waals surface area contributed by atoms with Gasteiger partial charge in [0.15, 0.2) is 0 Å². The van der Waals surface area contributed by atoms with Crippen molar-refractivity contribution in [3.63, 3.8) is 0 Å². The SMILES string of the molecule is O=C(NC1CCn2ccnc2C1)c1ccc2c(c1)B(O)OC2. The molecular weight excluding hydrogens is 281 g/mol. The van der Waals surface area contributed by atoms with Gasteiger partial charge in [-0.15, -0.1) is 0 Å². The molecule has 22 heavy (non-hydrogen) atoms. The van der Waals surface area contributed by atoms with Crippen molar-refractivity contribution in [2.45, 2.75) is 32.0 Å². The molecule has 2 N–H and O–H groups in total. The fourth-order valence-corrected chi connectivity index (χ4v) is 3.10. The van der Waals surface area contributed by atoms with E-state index in [4.69, 9.17) is 4.65 Å². The van der Waals surface area contributed by atoms with Gasteiger partial charge in [-0.1, -0.05) is 6.07 Å². The van der Waals surface area contributed by atoms with Gasteiger partial charge in [-0.25, -0.2) is 4.98 Å². The van der Waals surface area contributed by atoms with Crippen molar-refractivity contribution in [1.29, 1.82) is 0 Å². The average Bonchev–Trinajstić information content (AvgIpc) is 3.13. The average molecular weight is 297 g/mol. The van der Waals surface area contributed by atoms with Crippen LogP contribution < -0.4 is 10.8 Å². The van der Waals surface area contributed by atoms with Crippen molar-refractivity contribution < 1.29 is 14.5 Å². The summed E-state index contributed by atoms with van der Waals surface area (Å²) >= 11 is 0. The van der Waals surface area contributed by atoms with Crippen LogP contribution in [0.15, 0.2) is 30.6 Å². The first-order valence-corrected chi connectivity index (χ1v) is 7.44. The predicted molar refractivity (Wildman–Crippen MR) is 80.6 cm³/mol. The lowest BCUT2D eigenvalue weighted by atomic mass is 9.78. The van der Waals surface area contributed by atoms with Gasteiger partial charge in [0, 0.05) is 37.0 Å². The van der Waals surface area contributed by atoms with E-state index >= 15 is 0 Å². The maximum atomic E-state index is 12.4. The van der Waals surface area contributed by atoms with E-state index in [9.17, 15) is 9.82 Å². The Morgan fingerprint density at radius 3 is 3.32 bits per heavy atom. The predicted octanol–water partition coefficient (Wildman–Crippen LogP) is -0.154. The lowest BCUT2D eigenvalue weighted by molar-refractivity contribution is 0.0930. The maximum Gasteiger partial charge on any atom is 0.491 e. The highest BCUT2D eigenvalue weighted by molar-refractivity contribution is 6.61. The first-order valence-electron chi connectivity index (χ1n) is 7.44. The highest BCUT2D eigenvalue weighted by Crippen LogP contribution is 2.15. The number of carbonyl (C=O) groups excluding carboxylic acids is 1. The van der Waals surface area contributed by atoms with E-state index in [2.05, 4.69) is 14.9 Å². The van der Waals surface area contributed by atoms with Crippen LogP contribution in [0.3, 0.4) is 0 Å². The van der Waals surface area contributed by atoms with Crippen LogP contribution >= 0.6 is 0 Å². The molecule has 0 spiro atoms. The number of nitrogens with one attached hydrogen (secondary N) is 1. The number of hydrogen-bond donors (Lipinski definition) is 2. The highest BCUT2D eigenvalue weighted by atomic mass is 16.5. The Morgan fingerprint density at radius 1 is 1.50 bits per heavy atom. The second kappa shape index (κ2) is 5.26. The third-order valence-electron chi connectivity index (χ3n) is 4.36. The van der Waals surface area contributed by atoms with E-state index in [0.717, 1.165) is 30.8 Å². The van der Waals surface area contributed by atoms with Crippen LogP contribution in [0, 0.1) is 0 Å². The molecule has 1 aromatic carbocycles. The second-order valence-electron chi connectivity index (χ2n) is 5.78. The molecule has 7 heteroatoms. The van der Waals surface area contributed by atoms with Crippen molar-refractivity contribution in [3.8, 4) is 0 Å². The summed E-state index contributed by atoms with van der Waals surface area (Å²) in [6.45, 7) is 1.26. The van der Waals surface area contributed by atoms with Gasteiger partial charge in [0.2, 0.25) is 0 Å². The monoisotopic (exact) mass is 297 g/mol. The summed E-state index contributed by atoms with van der Waals surface area (Å²) in [5.74, 6) is 0.890. The van der Waals surface area contributed by atoms with Gasteiger partial charge < -0.3 is 19.6 Å². The van der Waals surface area contributed by atoms with Crippen LogP contribution in [0.25, 0.3) is 0 Å². The minimum absolute atomic E-state index is 0.0943. The number of rotatable bonds is 2. The number of fused-ring (bicyclic) bond motifs is 2. The number of amides is 1. The van der Waals surface area contributed by atoms with Crippen LogP contribution in [0.5, 0.6) is 0 Å². The zero-order valence-electron chi connectivity index (χ0n) is 12.0. The molecule has 2 aromatic rings. The summed E-state index contributed by atoms with van der Waals surface area (Å²) in [6, 6.07) is 5.43. The molecule has 0 saturated heterocycles.